The average molecular weight is 265 g/mol. The van der Waals surface area contributed by atoms with E-state index in [-0.39, 0.29) is 10.0 Å². The number of hydrogen-bond acceptors (Lipinski definition) is 2. The SMILES string of the molecule is COc1cccc(C(=O)C(F)F)c1Br. The first-order valence-corrected chi connectivity index (χ1v) is 4.52. The van der Waals surface area contributed by atoms with Crippen molar-refractivity contribution in [2.24, 2.45) is 0 Å². The first kappa shape index (κ1) is 11.1. The maximum Gasteiger partial charge on any atom is 0.300 e. The fourth-order valence-corrected chi connectivity index (χ4v) is 1.60. The molecule has 0 saturated heterocycles. The Hall–Kier alpha value is -0.970. The number of carbonyl (C=O) groups excluding carboxylic acids is 1. The van der Waals surface area contributed by atoms with Crippen LogP contribution in [0, 0.1) is 0 Å². The number of Topliss-reactive ketones (excluding diaryl/α,β-unsaturated/α-hetero) is 1. The highest BCUT2D eigenvalue weighted by atomic mass is 79.9. The summed E-state index contributed by atoms with van der Waals surface area (Å²) in [7, 11) is 1.40. The minimum Gasteiger partial charge on any atom is -0.496 e. The van der Waals surface area contributed by atoms with Crippen molar-refractivity contribution in [1.29, 1.82) is 0 Å². The van der Waals surface area contributed by atoms with E-state index in [1.165, 1.54) is 19.2 Å². The lowest BCUT2D eigenvalue weighted by molar-refractivity contribution is 0.0677. The maximum atomic E-state index is 12.1. The molecule has 0 atom stereocenters. The van der Waals surface area contributed by atoms with Gasteiger partial charge < -0.3 is 4.74 Å². The van der Waals surface area contributed by atoms with Crippen molar-refractivity contribution in [3.8, 4) is 5.75 Å². The van der Waals surface area contributed by atoms with Crippen molar-refractivity contribution in [3.05, 3.63) is 28.2 Å². The number of hydrogen-bond donors (Lipinski definition) is 0. The Balaban J connectivity index is 3.16. The van der Waals surface area contributed by atoms with Gasteiger partial charge in [-0.3, -0.25) is 4.79 Å². The fraction of sp³-hybridized carbons (Fsp3) is 0.222. The number of halogens is 3. The van der Waals surface area contributed by atoms with Gasteiger partial charge in [-0.25, -0.2) is 8.78 Å². The van der Waals surface area contributed by atoms with E-state index in [0.717, 1.165) is 0 Å². The quantitative estimate of drug-likeness (QED) is 0.785. The molecule has 0 aliphatic rings. The van der Waals surface area contributed by atoms with Crippen LogP contribution in [0.5, 0.6) is 5.75 Å². The summed E-state index contributed by atoms with van der Waals surface area (Å²) in [6.45, 7) is 0. The van der Waals surface area contributed by atoms with Crippen LogP contribution in [0.3, 0.4) is 0 Å². The van der Waals surface area contributed by atoms with Crippen LogP contribution in [0.2, 0.25) is 0 Å². The highest BCUT2D eigenvalue weighted by molar-refractivity contribution is 9.10. The van der Waals surface area contributed by atoms with Gasteiger partial charge in [0.05, 0.1) is 11.6 Å². The summed E-state index contributed by atoms with van der Waals surface area (Å²) in [5.41, 5.74) is -0.0700. The molecule has 1 aromatic carbocycles. The number of ketones is 1. The number of benzene rings is 1. The van der Waals surface area contributed by atoms with Gasteiger partial charge in [-0.15, -0.1) is 0 Å². The first-order chi connectivity index (χ1) is 6.57. The molecule has 0 radical (unpaired) electrons. The lowest BCUT2D eigenvalue weighted by atomic mass is 10.1. The third kappa shape index (κ3) is 2.09. The molecular formula is C9H7BrF2O2. The Morgan fingerprint density at radius 3 is 2.64 bits per heavy atom. The second kappa shape index (κ2) is 4.50. The van der Waals surface area contributed by atoms with Crippen LogP contribution in [0.4, 0.5) is 8.78 Å². The van der Waals surface area contributed by atoms with Gasteiger partial charge >= 0.3 is 6.43 Å². The Morgan fingerprint density at radius 1 is 1.50 bits per heavy atom. The zero-order valence-corrected chi connectivity index (χ0v) is 8.85. The Bertz CT molecular complexity index is 353. The summed E-state index contributed by atoms with van der Waals surface area (Å²) in [4.78, 5) is 11.0. The summed E-state index contributed by atoms with van der Waals surface area (Å²) in [5.74, 6) is -0.854. The first-order valence-electron chi connectivity index (χ1n) is 3.72. The molecule has 0 aliphatic carbocycles. The summed E-state index contributed by atoms with van der Waals surface area (Å²) < 4.78 is 29.4. The van der Waals surface area contributed by atoms with Crippen molar-refractivity contribution in [2.75, 3.05) is 7.11 Å². The predicted octanol–water partition coefficient (Wildman–Crippen LogP) is 2.91. The second-order valence-electron chi connectivity index (χ2n) is 2.49. The lowest BCUT2D eigenvalue weighted by Gasteiger charge is -2.07. The van der Waals surface area contributed by atoms with Crippen LogP contribution in [0.25, 0.3) is 0 Å². The van der Waals surface area contributed by atoms with Gasteiger partial charge in [0, 0.05) is 5.56 Å². The number of alkyl halides is 2. The molecule has 1 aromatic rings. The van der Waals surface area contributed by atoms with E-state index < -0.39 is 12.2 Å². The number of carbonyl (C=O) groups is 1. The molecule has 0 saturated carbocycles. The largest absolute Gasteiger partial charge is 0.496 e. The molecule has 0 heterocycles. The van der Waals surface area contributed by atoms with Crippen LogP contribution in [0.15, 0.2) is 22.7 Å². The van der Waals surface area contributed by atoms with Crippen molar-refractivity contribution >= 4 is 21.7 Å². The van der Waals surface area contributed by atoms with Crippen LogP contribution in [0.1, 0.15) is 10.4 Å². The van der Waals surface area contributed by atoms with Gasteiger partial charge in [0.25, 0.3) is 0 Å². The van der Waals surface area contributed by atoms with Gasteiger partial charge in [0.15, 0.2) is 0 Å². The van der Waals surface area contributed by atoms with E-state index >= 15 is 0 Å². The molecular weight excluding hydrogens is 258 g/mol. The molecule has 0 aliphatic heterocycles. The fourth-order valence-electron chi connectivity index (χ4n) is 0.976. The monoisotopic (exact) mass is 264 g/mol. The van der Waals surface area contributed by atoms with Crippen LogP contribution in [-0.4, -0.2) is 19.3 Å². The van der Waals surface area contributed by atoms with Crippen molar-refractivity contribution < 1.29 is 18.3 Å². The Labute approximate surface area is 88.0 Å². The minimum atomic E-state index is -3.00. The molecule has 0 unspecified atom stereocenters. The van der Waals surface area contributed by atoms with Crippen molar-refractivity contribution in [1.82, 2.24) is 0 Å². The molecule has 0 fully saturated rings. The van der Waals surface area contributed by atoms with Crippen molar-refractivity contribution in [3.63, 3.8) is 0 Å². The van der Waals surface area contributed by atoms with Crippen molar-refractivity contribution in [2.45, 2.75) is 6.43 Å². The normalized spacial score (nSPS) is 10.4. The average Bonchev–Trinajstić information content (AvgIpc) is 2.17. The van der Waals surface area contributed by atoms with E-state index in [0.29, 0.717) is 5.75 Å². The zero-order valence-electron chi connectivity index (χ0n) is 7.26. The van der Waals surface area contributed by atoms with E-state index in [1.54, 1.807) is 6.07 Å². The number of ether oxygens (including phenoxy) is 1. The zero-order chi connectivity index (χ0) is 10.7. The number of rotatable bonds is 3. The summed E-state index contributed by atoms with van der Waals surface area (Å²) >= 11 is 3.03. The molecule has 2 nitrogen and oxygen atoms in total. The molecule has 5 heteroatoms. The third-order valence-electron chi connectivity index (χ3n) is 1.65. The lowest BCUT2D eigenvalue weighted by Crippen LogP contribution is -2.11. The van der Waals surface area contributed by atoms with Gasteiger partial charge in [-0.05, 0) is 28.1 Å². The van der Waals surface area contributed by atoms with Crippen LogP contribution < -0.4 is 4.74 Å². The smallest absolute Gasteiger partial charge is 0.300 e. The molecule has 14 heavy (non-hydrogen) atoms. The third-order valence-corrected chi connectivity index (χ3v) is 2.46. The van der Waals surface area contributed by atoms with Gasteiger partial charge in [-0.1, -0.05) is 6.07 Å². The molecule has 1 rings (SSSR count). The van der Waals surface area contributed by atoms with Crippen LogP contribution in [-0.2, 0) is 0 Å². The topological polar surface area (TPSA) is 26.3 Å². The number of methoxy groups -OCH3 is 1. The standard InChI is InChI=1S/C9H7BrF2O2/c1-14-6-4-2-3-5(7(6)10)8(13)9(11)12/h2-4,9H,1H3. The minimum absolute atomic E-state index is 0.0700. The summed E-state index contributed by atoms with van der Waals surface area (Å²) in [6.07, 6.45) is -3.00. The Kier molecular flexibility index (Phi) is 3.57. The van der Waals surface area contributed by atoms with Gasteiger partial charge in [0.1, 0.15) is 5.75 Å². The molecule has 76 valence electrons. The van der Waals surface area contributed by atoms with Crippen LogP contribution >= 0.6 is 15.9 Å². The maximum absolute atomic E-state index is 12.1. The molecule has 0 spiro atoms. The predicted molar refractivity (Wildman–Crippen MR) is 51.0 cm³/mol. The summed E-state index contributed by atoms with van der Waals surface area (Å²) in [6, 6.07) is 4.38. The summed E-state index contributed by atoms with van der Waals surface area (Å²) in [5, 5.41) is 0. The van der Waals surface area contributed by atoms with Gasteiger partial charge in [-0.2, -0.15) is 0 Å². The van der Waals surface area contributed by atoms with E-state index in [4.69, 9.17) is 4.74 Å². The van der Waals surface area contributed by atoms with E-state index in [1.807, 2.05) is 0 Å². The van der Waals surface area contributed by atoms with Gasteiger partial charge in [0.2, 0.25) is 5.78 Å². The highest BCUT2D eigenvalue weighted by Gasteiger charge is 2.21. The highest BCUT2D eigenvalue weighted by Crippen LogP contribution is 2.29. The van der Waals surface area contributed by atoms with E-state index in [9.17, 15) is 13.6 Å². The molecule has 0 N–H and O–H groups in total. The second-order valence-corrected chi connectivity index (χ2v) is 3.28. The molecule has 0 aromatic heterocycles. The van der Waals surface area contributed by atoms with E-state index in [2.05, 4.69) is 15.9 Å². The molecule has 0 bridgehead atoms. The Morgan fingerprint density at radius 2 is 2.14 bits per heavy atom. The molecule has 0 amide bonds.